The third kappa shape index (κ3) is 3.24. The number of carbonyl (C=O) groups is 1. The van der Waals surface area contributed by atoms with Crippen LogP contribution in [-0.4, -0.2) is 31.4 Å². The highest BCUT2D eigenvalue weighted by molar-refractivity contribution is 7.94. The van der Waals surface area contributed by atoms with Crippen LogP contribution in [0.5, 0.6) is 5.75 Å². The summed E-state index contributed by atoms with van der Waals surface area (Å²) in [6.45, 7) is 0. The lowest BCUT2D eigenvalue weighted by atomic mass is 10.3. The van der Waals surface area contributed by atoms with Gasteiger partial charge in [-0.1, -0.05) is 0 Å². The Morgan fingerprint density at radius 3 is 2.50 bits per heavy atom. The van der Waals surface area contributed by atoms with Crippen LogP contribution in [-0.2, 0) is 9.84 Å². The minimum atomic E-state index is -3.18. The fourth-order valence-electron chi connectivity index (χ4n) is 1.55. The summed E-state index contributed by atoms with van der Waals surface area (Å²) in [6, 6.07) is 4.96. The van der Waals surface area contributed by atoms with E-state index in [-0.39, 0.29) is 11.5 Å². The zero-order chi connectivity index (χ0) is 13.2. The van der Waals surface area contributed by atoms with Crippen molar-refractivity contribution in [2.45, 2.75) is 6.04 Å². The Hall–Kier alpha value is -2.02. The Kier molecular flexibility index (Phi) is 3.24. The summed E-state index contributed by atoms with van der Waals surface area (Å²) >= 11 is 0. The molecule has 18 heavy (non-hydrogen) atoms. The zero-order valence-electron chi connectivity index (χ0n) is 9.33. The molecule has 1 atom stereocenters. The van der Waals surface area contributed by atoms with Gasteiger partial charge < -0.3 is 15.7 Å². The summed E-state index contributed by atoms with van der Waals surface area (Å²) < 4.78 is 22.3. The molecule has 3 N–H and O–H groups in total. The number of hydrogen-bond acceptors (Lipinski definition) is 4. The lowest BCUT2D eigenvalue weighted by Crippen LogP contribution is -2.38. The second-order valence-electron chi connectivity index (χ2n) is 3.91. The average molecular weight is 268 g/mol. The molecule has 7 heteroatoms. The van der Waals surface area contributed by atoms with Crippen molar-refractivity contribution in [2.75, 3.05) is 11.1 Å². The minimum absolute atomic E-state index is 0.103. The molecule has 2 amide bonds. The molecule has 0 spiro atoms. The van der Waals surface area contributed by atoms with E-state index >= 15 is 0 Å². The standard InChI is InChI=1S/C11H12N2O4S/c14-10-3-1-8(2-4-10)12-11(15)13-9-5-6-18(16,17)7-9/h1-6,9,14H,7H2,(H2,12,13,15). The first-order valence-corrected chi connectivity index (χ1v) is 6.94. The number of sulfone groups is 1. The number of urea groups is 1. The van der Waals surface area contributed by atoms with Crippen LogP contribution in [0.25, 0.3) is 0 Å². The quantitative estimate of drug-likeness (QED) is 0.692. The minimum Gasteiger partial charge on any atom is -0.508 e. The molecule has 0 bridgehead atoms. The van der Waals surface area contributed by atoms with Gasteiger partial charge in [0.1, 0.15) is 5.75 Å². The van der Waals surface area contributed by atoms with Crippen LogP contribution in [0.1, 0.15) is 0 Å². The fourth-order valence-corrected chi connectivity index (χ4v) is 2.78. The second-order valence-corrected chi connectivity index (χ2v) is 5.84. The molecule has 1 aliphatic heterocycles. The number of nitrogens with one attached hydrogen (secondary N) is 2. The Labute approximate surface area is 104 Å². The second kappa shape index (κ2) is 4.69. The number of phenols is 1. The van der Waals surface area contributed by atoms with E-state index in [2.05, 4.69) is 10.6 Å². The van der Waals surface area contributed by atoms with E-state index in [1.54, 1.807) is 0 Å². The maximum absolute atomic E-state index is 11.6. The predicted octanol–water partition coefficient (Wildman–Crippen LogP) is 0.824. The van der Waals surface area contributed by atoms with Gasteiger partial charge in [-0.3, -0.25) is 0 Å². The summed E-state index contributed by atoms with van der Waals surface area (Å²) in [6.07, 6.45) is 1.44. The molecular weight excluding hydrogens is 256 g/mol. The Bertz CT molecular complexity index is 578. The number of benzene rings is 1. The van der Waals surface area contributed by atoms with Gasteiger partial charge in [0.05, 0.1) is 11.8 Å². The lowest BCUT2D eigenvalue weighted by Gasteiger charge is -2.11. The van der Waals surface area contributed by atoms with Crippen molar-refractivity contribution >= 4 is 21.6 Å². The van der Waals surface area contributed by atoms with Gasteiger partial charge in [-0.05, 0) is 30.3 Å². The van der Waals surface area contributed by atoms with Gasteiger partial charge in [-0.2, -0.15) is 0 Å². The first kappa shape index (κ1) is 12.4. The van der Waals surface area contributed by atoms with Crippen LogP contribution < -0.4 is 10.6 Å². The third-order valence-electron chi connectivity index (χ3n) is 2.37. The fraction of sp³-hybridized carbons (Fsp3) is 0.182. The lowest BCUT2D eigenvalue weighted by molar-refractivity contribution is 0.251. The summed E-state index contributed by atoms with van der Waals surface area (Å²) in [5.41, 5.74) is 0.509. The van der Waals surface area contributed by atoms with Crippen LogP contribution in [0.4, 0.5) is 10.5 Å². The van der Waals surface area contributed by atoms with Crippen molar-refractivity contribution in [1.82, 2.24) is 5.32 Å². The van der Waals surface area contributed by atoms with Gasteiger partial charge in [0.15, 0.2) is 9.84 Å². The first-order chi connectivity index (χ1) is 8.44. The van der Waals surface area contributed by atoms with E-state index in [1.165, 1.54) is 30.3 Å². The third-order valence-corrected chi connectivity index (χ3v) is 3.77. The molecular formula is C11H12N2O4S. The summed E-state index contributed by atoms with van der Waals surface area (Å²) in [5.74, 6) is -0.0125. The smallest absolute Gasteiger partial charge is 0.319 e. The molecule has 1 aromatic rings. The van der Waals surface area contributed by atoms with Gasteiger partial charge in [-0.15, -0.1) is 0 Å². The maximum Gasteiger partial charge on any atom is 0.319 e. The van der Waals surface area contributed by atoms with Crippen molar-refractivity contribution in [3.8, 4) is 5.75 Å². The normalized spacial score (nSPS) is 20.6. The maximum atomic E-state index is 11.6. The predicted molar refractivity (Wildman–Crippen MR) is 67.0 cm³/mol. The van der Waals surface area contributed by atoms with Crippen LogP contribution in [0, 0.1) is 0 Å². The van der Waals surface area contributed by atoms with Crippen LogP contribution in [0.2, 0.25) is 0 Å². The highest BCUT2D eigenvalue weighted by Crippen LogP contribution is 2.14. The van der Waals surface area contributed by atoms with Gasteiger partial charge in [0.25, 0.3) is 0 Å². The van der Waals surface area contributed by atoms with E-state index in [4.69, 9.17) is 5.11 Å². The van der Waals surface area contributed by atoms with E-state index in [0.29, 0.717) is 5.69 Å². The monoisotopic (exact) mass is 268 g/mol. The van der Waals surface area contributed by atoms with Crippen molar-refractivity contribution in [1.29, 1.82) is 0 Å². The summed E-state index contributed by atoms with van der Waals surface area (Å²) in [7, 11) is -3.18. The van der Waals surface area contributed by atoms with E-state index < -0.39 is 21.9 Å². The number of aromatic hydroxyl groups is 1. The number of carbonyl (C=O) groups excluding carboxylic acids is 1. The molecule has 2 rings (SSSR count). The largest absolute Gasteiger partial charge is 0.508 e. The van der Waals surface area contributed by atoms with Gasteiger partial charge in [-0.25, -0.2) is 13.2 Å². The summed E-state index contributed by atoms with van der Waals surface area (Å²) in [5, 5.41) is 15.2. The number of phenolic OH excluding ortho intramolecular Hbond substituents is 1. The number of anilines is 1. The number of rotatable bonds is 2. The number of hydrogen-bond donors (Lipinski definition) is 3. The van der Waals surface area contributed by atoms with Gasteiger partial charge >= 0.3 is 6.03 Å². The molecule has 0 saturated carbocycles. The SMILES string of the molecule is O=C(Nc1ccc(O)cc1)NC1C=CS(=O)(=O)C1. The molecule has 1 aliphatic rings. The molecule has 0 saturated heterocycles. The molecule has 0 fully saturated rings. The first-order valence-electron chi connectivity index (χ1n) is 5.22. The van der Waals surface area contributed by atoms with Crippen molar-refractivity contribution in [3.05, 3.63) is 35.7 Å². The van der Waals surface area contributed by atoms with E-state index in [0.717, 1.165) is 5.41 Å². The topological polar surface area (TPSA) is 95.5 Å². The molecule has 1 aromatic carbocycles. The molecule has 0 aliphatic carbocycles. The van der Waals surface area contributed by atoms with Crippen LogP contribution in [0.3, 0.4) is 0 Å². The Morgan fingerprint density at radius 1 is 1.28 bits per heavy atom. The van der Waals surface area contributed by atoms with E-state index in [9.17, 15) is 13.2 Å². The molecule has 0 aromatic heterocycles. The average Bonchev–Trinajstić information content (AvgIpc) is 2.61. The molecule has 1 unspecified atom stereocenters. The molecule has 1 heterocycles. The van der Waals surface area contributed by atoms with E-state index in [1.807, 2.05) is 0 Å². The van der Waals surface area contributed by atoms with Crippen LogP contribution >= 0.6 is 0 Å². The molecule has 0 radical (unpaired) electrons. The van der Waals surface area contributed by atoms with Crippen molar-refractivity contribution in [3.63, 3.8) is 0 Å². The highest BCUT2D eigenvalue weighted by Gasteiger charge is 2.22. The Balaban J connectivity index is 1.90. The van der Waals surface area contributed by atoms with Crippen molar-refractivity contribution < 1.29 is 18.3 Å². The van der Waals surface area contributed by atoms with Gasteiger partial charge in [0, 0.05) is 11.1 Å². The molecule has 6 nitrogen and oxygen atoms in total. The van der Waals surface area contributed by atoms with Crippen molar-refractivity contribution in [2.24, 2.45) is 0 Å². The number of amides is 2. The highest BCUT2D eigenvalue weighted by atomic mass is 32.2. The Morgan fingerprint density at radius 2 is 1.94 bits per heavy atom. The summed E-state index contributed by atoms with van der Waals surface area (Å²) in [4.78, 5) is 11.6. The molecule has 96 valence electrons. The van der Waals surface area contributed by atoms with Crippen LogP contribution in [0.15, 0.2) is 35.7 Å². The zero-order valence-corrected chi connectivity index (χ0v) is 10.1. The van der Waals surface area contributed by atoms with Gasteiger partial charge in [0.2, 0.25) is 0 Å².